The number of nitrogens with one attached hydrogen (secondary N) is 1. The third-order valence-electron chi connectivity index (χ3n) is 4.67. The van der Waals surface area contributed by atoms with E-state index in [4.69, 9.17) is 0 Å². The molecule has 1 aliphatic rings. The minimum Gasteiger partial charge on any atom is -0.387 e. The third-order valence-corrected chi connectivity index (χ3v) is 4.67. The zero-order valence-corrected chi connectivity index (χ0v) is 14.2. The van der Waals surface area contributed by atoms with Crippen molar-refractivity contribution >= 4 is 11.6 Å². The van der Waals surface area contributed by atoms with Crippen LogP contribution in [-0.2, 0) is 4.79 Å². The van der Waals surface area contributed by atoms with Gasteiger partial charge in [-0.05, 0) is 56.1 Å². The maximum atomic E-state index is 12.0. The molecule has 1 saturated heterocycles. The van der Waals surface area contributed by atoms with Crippen molar-refractivity contribution in [3.8, 4) is 0 Å². The van der Waals surface area contributed by atoms with Crippen LogP contribution in [0.3, 0.4) is 0 Å². The standard InChI is InChI=1S/C19H24N4O2/c24-18(22-16-4-3-9-20-14-16)8-13-23-11-6-15(7-12-23)19(25)17-5-1-2-10-21-17/h1-5,9-10,14-15,19,25H,6-8,11-13H2,(H,22,24). The summed E-state index contributed by atoms with van der Waals surface area (Å²) in [7, 11) is 0. The van der Waals surface area contributed by atoms with E-state index in [2.05, 4.69) is 20.2 Å². The summed E-state index contributed by atoms with van der Waals surface area (Å²) in [4.78, 5) is 22.5. The van der Waals surface area contributed by atoms with Crippen molar-refractivity contribution in [2.75, 3.05) is 25.0 Å². The van der Waals surface area contributed by atoms with Gasteiger partial charge in [-0.1, -0.05) is 6.07 Å². The highest BCUT2D eigenvalue weighted by Crippen LogP contribution is 2.29. The Morgan fingerprint density at radius 2 is 2.08 bits per heavy atom. The number of hydrogen-bond donors (Lipinski definition) is 2. The zero-order valence-electron chi connectivity index (χ0n) is 14.2. The Kier molecular flexibility index (Phi) is 6.09. The average Bonchev–Trinajstić information content (AvgIpc) is 2.68. The van der Waals surface area contributed by atoms with Crippen LogP contribution in [0.25, 0.3) is 0 Å². The Bertz CT molecular complexity index is 658. The van der Waals surface area contributed by atoms with Gasteiger partial charge in [0.25, 0.3) is 0 Å². The lowest BCUT2D eigenvalue weighted by Gasteiger charge is -2.33. The van der Waals surface area contributed by atoms with E-state index in [1.54, 1.807) is 24.7 Å². The lowest BCUT2D eigenvalue weighted by atomic mass is 9.89. The van der Waals surface area contributed by atoms with E-state index in [-0.39, 0.29) is 11.8 Å². The minimum atomic E-state index is -0.503. The Morgan fingerprint density at radius 1 is 1.24 bits per heavy atom. The molecule has 1 unspecified atom stereocenters. The molecule has 2 aromatic rings. The van der Waals surface area contributed by atoms with Crippen molar-refractivity contribution in [2.24, 2.45) is 5.92 Å². The molecule has 3 rings (SSSR count). The van der Waals surface area contributed by atoms with Gasteiger partial charge in [-0.25, -0.2) is 0 Å². The molecule has 3 heterocycles. The van der Waals surface area contributed by atoms with Crippen LogP contribution in [0.15, 0.2) is 48.9 Å². The molecule has 2 N–H and O–H groups in total. The van der Waals surface area contributed by atoms with Gasteiger partial charge in [0, 0.05) is 25.4 Å². The summed E-state index contributed by atoms with van der Waals surface area (Å²) in [6.45, 7) is 2.53. The first-order valence-corrected chi connectivity index (χ1v) is 8.73. The van der Waals surface area contributed by atoms with E-state index in [1.165, 1.54) is 0 Å². The molecule has 1 aliphatic heterocycles. The molecule has 2 aromatic heterocycles. The fourth-order valence-corrected chi connectivity index (χ4v) is 3.20. The molecule has 1 amide bonds. The highest BCUT2D eigenvalue weighted by Gasteiger charge is 2.26. The van der Waals surface area contributed by atoms with Crippen LogP contribution in [-0.4, -0.2) is 45.5 Å². The summed E-state index contributed by atoms with van der Waals surface area (Å²) in [5.41, 5.74) is 1.47. The second-order valence-corrected chi connectivity index (χ2v) is 6.42. The molecular weight excluding hydrogens is 316 g/mol. The lowest BCUT2D eigenvalue weighted by molar-refractivity contribution is -0.116. The quantitative estimate of drug-likeness (QED) is 0.843. The fourth-order valence-electron chi connectivity index (χ4n) is 3.20. The van der Waals surface area contributed by atoms with Crippen molar-refractivity contribution in [2.45, 2.75) is 25.4 Å². The molecule has 0 spiro atoms. The van der Waals surface area contributed by atoms with Crippen LogP contribution in [0.2, 0.25) is 0 Å². The highest BCUT2D eigenvalue weighted by molar-refractivity contribution is 5.90. The van der Waals surface area contributed by atoms with Crippen molar-refractivity contribution in [1.82, 2.24) is 14.9 Å². The monoisotopic (exact) mass is 340 g/mol. The van der Waals surface area contributed by atoms with Gasteiger partial charge in [-0.2, -0.15) is 0 Å². The van der Waals surface area contributed by atoms with Crippen molar-refractivity contribution in [3.05, 3.63) is 54.6 Å². The molecule has 1 fully saturated rings. The maximum Gasteiger partial charge on any atom is 0.225 e. The molecular formula is C19H24N4O2. The smallest absolute Gasteiger partial charge is 0.225 e. The molecule has 0 aliphatic carbocycles. The van der Waals surface area contributed by atoms with E-state index < -0.39 is 6.10 Å². The van der Waals surface area contributed by atoms with Gasteiger partial charge in [-0.3, -0.25) is 14.8 Å². The number of carbonyl (C=O) groups is 1. The zero-order chi connectivity index (χ0) is 17.5. The summed E-state index contributed by atoms with van der Waals surface area (Å²) in [5, 5.41) is 13.3. The number of amides is 1. The second kappa shape index (κ2) is 8.69. The summed E-state index contributed by atoms with van der Waals surface area (Å²) in [6, 6.07) is 9.26. The lowest BCUT2D eigenvalue weighted by Crippen LogP contribution is -2.37. The molecule has 0 bridgehead atoms. The normalized spacial score (nSPS) is 17.2. The first-order chi connectivity index (χ1) is 12.2. The van der Waals surface area contributed by atoms with Crippen molar-refractivity contribution in [3.63, 3.8) is 0 Å². The number of carbonyl (C=O) groups excluding carboxylic acids is 1. The number of nitrogens with zero attached hydrogens (tertiary/aromatic N) is 3. The van der Waals surface area contributed by atoms with Crippen LogP contribution in [0.5, 0.6) is 0 Å². The average molecular weight is 340 g/mol. The molecule has 6 nitrogen and oxygen atoms in total. The fraction of sp³-hybridized carbons (Fsp3) is 0.421. The van der Waals surface area contributed by atoms with E-state index in [1.807, 2.05) is 24.3 Å². The van der Waals surface area contributed by atoms with Gasteiger partial charge in [0.05, 0.1) is 23.7 Å². The van der Waals surface area contributed by atoms with Crippen molar-refractivity contribution in [1.29, 1.82) is 0 Å². The molecule has 132 valence electrons. The van der Waals surface area contributed by atoms with Gasteiger partial charge < -0.3 is 15.3 Å². The van der Waals surface area contributed by atoms with Crippen LogP contribution < -0.4 is 5.32 Å². The van der Waals surface area contributed by atoms with Crippen LogP contribution in [0, 0.1) is 5.92 Å². The molecule has 0 saturated carbocycles. The molecule has 0 radical (unpaired) electrons. The van der Waals surface area contributed by atoms with E-state index in [0.29, 0.717) is 6.42 Å². The van der Waals surface area contributed by atoms with Crippen LogP contribution in [0.4, 0.5) is 5.69 Å². The van der Waals surface area contributed by atoms with Gasteiger partial charge >= 0.3 is 0 Å². The van der Waals surface area contributed by atoms with E-state index in [9.17, 15) is 9.90 Å². The topological polar surface area (TPSA) is 78.4 Å². The van der Waals surface area contributed by atoms with Crippen LogP contribution in [0.1, 0.15) is 31.1 Å². The van der Waals surface area contributed by atoms with Crippen molar-refractivity contribution < 1.29 is 9.90 Å². The Labute approximate surface area is 147 Å². The predicted octanol–water partition coefficient (Wildman–Crippen LogP) is 2.25. The van der Waals surface area contributed by atoms with Gasteiger partial charge in [0.15, 0.2) is 0 Å². The number of anilines is 1. The highest BCUT2D eigenvalue weighted by atomic mass is 16.3. The minimum absolute atomic E-state index is 0.00337. The predicted molar refractivity (Wildman–Crippen MR) is 95.8 cm³/mol. The number of aliphatic hydroxyl groups is 1. The number of pyridine rings is 2. The summed E-state index contributed by atoms with van der Waals surface area (Å²) >= 11 is 0. The van der Waals surface area contributed by atoms with E-state index in [0.717, 1.165) is 43.9 Å². The molecule has 6 heteroatoms. The number of likely N-dealkylation sites (tertiary alicyclic amines) is 1. The Balaban J connectivity index is 1.40. The van der Waals surface area contributed by atoms with Gasteiger partial charge in [0.2, 0.25) is 5.91 Å². The first-order valence-electron chi connectivity index (χ1n) is 8.73. The SMILES string of the molecule is O=C(CCN1CCC(C(O)c2ccccn2)CC1)Nc1cccnc1. The third kappa shape index (κ3) is 5.08. The number of hydrogen-bond acceptors (Lipinski definition) is 5. The first kappa shape index (κ1) is 17.5. The summed E-state index contributed by atoms with van der Waals surface area (Å²) in [6.07, 6.45) is 6.83. The van der Waals surface area contributed by atoms with Gasteiger partial charge in [0.1, 0.15) is 0 Å². The largest absolute Gasteiger partial charge is 0.387 e. The van der Waals surface area contributed by atoms with E-state index >= 15 is 0 Å². The second-order valence-electron chi connectivity index (χ2n) is 6.42. The van der Waals surface area contributed by atoms with Crippen LogP contribution >= 0.6 is 0 Å². The Morgan fingerprint density at radius 3 is 2.76 bits per heavy atom. The number of aliphatic hydroxyl groups excluding tert-OH is 1. The van der Waals surface area contributed by atoms with Gasteiger partial charge in [-0.15, -0.1) is 0 Å². The molecule has 1 atom stereocenters. The number of aromatic nitrogens is 2. The molecule has 0 aromatic carbocycles. The Hall–Kier alpha value is -2.31. The summed E-state index contributed by atoms with van der Waals surface area (Å²) in [5.74, 6) is 0.235. The maximum absolute atomic E-state index is 12.0. The number of rotatable bonds is 6. The molecule has 25 heavy (non-hydrogen) atoms. The summed E-state index contributed by atoms with van der Waals surface area (Å²) < 4.78 is 0. The number of piperidine rings is 1.